The topological polar surface area (TPSA) is 61.8 Å². The summed E-state index contributed by atoms with van der Waals surface area (Å²) >= 11 is 0. The van der Waals surface area contributed by atoms with Crippen LogP contribution in [0, 0.1) is 5.92 Å². The van der Waals surface area contributed by atoms with Crippen molar-refractivity contribution < 1.29 is 23.8 Å². The van der Waals surface area contributed by atoms with E-state index in [-0.39, 0.29) is 18.0 Å². The second-order valence-electron chi connectivity index (χ2n) is 13.0. The smallest absolute Gasteiger partial charge is 0.339 e. The number of fused-ring (bicyclic) bond motifs is 2. The van der Waals surface area contributed by atoms with E-state index in [2.05, 4.69) is 13.8 Å². The van der Waals surface area contributed by atoms with E-state index in [9.17, 15) is 9.59 Å². The van der Waals surface area contributed by atoms with Gasteiger partial charge in [-0.15, -0.1) is 0 Å². The molecule has 41 heavy (non-hydrogen) atoms. The van der Waals surface area contributed by atoms with E-state index in [0.717, 1.165) is 32.1 Å². The molecule has 3 fully saturated rings. The lowest BCUT2D eigenvalue weighted by Gasteiger charge is -2.53. The minimum atomic E-state index is -1.09. The molecular formula is C36H66O5. The molecule has 0 amide bonds. The lowest BCUT2D eigenvalue weighted by atomic mass is 9.69. The van der Waals surface area contributed by atoms with Crippen molar-refractivity contribution in [2.45, 2.75) is 199 Å². The molecule has 3 atom stereocenters. The van der Waals surface area contributed by atoms with Crippen molar-refractivity contribution in [2.24, 2.45) is 5.92 Å². The zero-order valence-electron chi connectivity index (χ0n) is 27.2. The molecule has 2 bridgehead atoms. The third-order valence-corrected chi connectivity index (χ3v) is 9.35. The van der Waals surface area contributed by atoms with Gasteiger partial charge >= 0.3 is 11.9 Å². The Balaban J connectivity index is 1.48. The van der Waals surface area contributed by atoms with Crippen LogP contribution in [0.3, 0.4) is 0 Å². The van der Waals surface area contributed by atoms with Gasteiger partial charge in [-0.3, -0.25) is 4.79 Å². The highest BCUT2D eigenvalue weighted by Crippen LogP contribution is 2.49. The maximum atomic E-state index is 13.0. The molecule has 3 aliphatic rings. The van der Waals surface area contributed by atoms with Crippen LogP contribution in [0.15, 0.2) is 0 Å². The first-order valence-corrected chi connectivity index (χ1v) is 18.2. The number of carbonyl (C=O) groups is 2. The molecule has 5 heteroatoms. The average Bonchev–Trinajstić information content (AvgIpc) is 2.97. The van der Waals surface area contributed by atoms with Gasteiger partial charge in [-0.2, -0.15) is 0 Å². The van der Waals surface area contributed by atoms with E-state index in [0.29, 0.717) is 26.1 Å². The number of hydrogen-bond acceptors (Lipinski definition) is 5. The van der Waals surface area contributed by atoms with Crippen molar-refractivity contribution in [2.75, 3.05) is 13.2 Å². The van der Waals surface area contributed by atoms with Crippen LogP contribution in [0.5, 0.6) is 0 Å². The van der Waals surface area contributed by atoms with Crippen LogP contribution in [0.1, 0.15) is 187 Å². The van der Waals surface area contributed by atoms with E-state index in [1.165, 1.54) is 128 Å². The van der Waals surface area contributed by atoms with Gasteiger partial charge in [0.05, 0.1) is 25.2 Å². The lowest BCUT2D eigenvalue weighted by molar-refractivity contribution is -0.268. The van der Waals surface area contributed by atoms with Gasteiger partial charge in [0.25, 0.3) is 0 Å². The van der Waals surface area contributed by atoms with Crippen LogP contribution in [-0.2, 0) is 23.8 Å². The fourth-order valence-corrected chi connectivity index (χ4v) is 6.63. The van der Waals surface area contributed by atoms with E-state index in [1.807, 2.05) is 0 Å². The van der Waals surface area contributed by atoms with Crippen LogP contribution < -0.4 is 0 Å². The first-order valence-electron chi connectivity index (χ1n) is 18.2. The van der Waals surface area contributed by atoms with Crippen LogP contribution in [-0.4, -0.2) is 36.9 Å². The molecule has 0 spiro atoms. The Hall–Kier alpha value is -1.10. The van der Waals surface area contributed by atoms with E-state index < -0.39 is 11.5 Å². The van der Waals surface area contributed by atoms with Gasteiger partial charge in [-0.25, -0.2) is 4.79 Å². The highest BCUT2D eigenvalue weighted by molar-refractivity contribution is 5.89. The van der Waals surface area contributed by atoms with E-state index in [1.54, 1.807) is 0 Å². The highest BCUT2D eigenvalue weighted by Gasteiger charge is 2.63. The zero-order valence-corrected chi connectivity index (χ0v) is 27.2. The van der Waals surface area contributed by atoms with E-state index in [4.69, 9.17) is 14.2 Å². The summed E-state index contributed by atoms with van der Waals surface area (Å²) in [5, 5.41) is 0. The van der Waals surface area contributed by atoms with E-state index >= 15 is 0 Å². The number of unbranched alkanes of at least 4 members (excludes halogenated alkanes) is 22. The summed E-state index contributed by atoms with van der Waals surface area (Å²) < 4.78 is 17.2. The normalized spacial score (nSPS) is 21.4. The second kappa shape index (κ2) is 23.4. The van der Waals surface area contributed by atoms with Crippen molar-refractivity contribution in [1.82, 2.24) is 0 Å². The summed E-state index contributed by atoms with van der Waals surface area (Å²) in [4.78, 5) is 25.9. The Morgan fingerprint density at radius 1 is 0.561 bits per heavy atom. The van der Waals surface area contributed by atoms with Gasteiger partial charge in [-0.05, 0) is 25.7 Å². The Morgan fingerprint density at radius 2 is 0.927 bits per heavy atom. The van der Waals surface area contributed by atoms with Crippen LogP contribution in [0.25, 0.3) is 0 Å². The first kappa shape index (κ1) is 36.1. The highest BCUT2D eigenvalue weighted by atomic mass is 16.6. The molecule has 0 aromatic rings. The molecule has 1 saturated carbocycles. The number of rotatable bonds is 28. The van der Waals surface area contributed by atoms with Crippen LogP contribution >= 0.6 is 0 Å². The predicted octanol–water partition coefficient (Wildman–Crippen LogP) is 10.4. The van der Waals surface area contributed by atoms with Crippen molar-refractivity contribution in [3.05, 3.63) is 0 Å². The molecule has 0 aromatic heterocycles. The van der Waals surface area contributed by atoms with Crippen molar-refractivity contribution in [3.8, 4) is 0 Å². The average molecular weight is 579 g/mol. The number of esters is 2. The molecule has 2 aliphatic heterocycles. The molecule has 1 aliphatic carbocycles. The van der Waals surface area contributed by atoms with Gasteiger partial charge in [0.2, 0.25) is 0 Å². The molecular weight excluding hydrogens is 512 g/mol. The monoisotopic (exact) mass is 578 g/mol. The fraction of sp³-hybridized carbons (Fsp3) is 0.944. The van der Waals surface area contributed by atoms with Gasteiger partial charge in [-0.1, -0.05) is 155 Å². The minimum absolute atomic E-state index is 0.0922. The molecule has 2 heterocycles. The Morgan fingerprint density at radius 3 is 1.34 bits per heavy atom. The third kappa shape index (κ3) is 14.8. The van der Waals surface area contributed by atoms with Gasteiger partial charge in [0.1, 0.15) is 0 Å². The molecule has 240 valence electrons. The number of hydrogen-bond donors (Lipinski definition) is 0. The van der Waals surface area contributed by atoms with Crippen molar-refractivity contribution in [1.29, 1.82) is 0 Å². The van der Waals surface area contributed by atoms with Crippen LogP contribution in [0.2, 0.25) is 0 Å². The Kier molecular flexibility index (Phi) is 20.6. The minimum Gasteiger partial charge on any atom is -0.465 e. The zero-order chi connectivity index (χ0) is 29.4. The summed E-state index contributed by atoms with van der Waals surface area (Å²) in [6, 6.07) is 0. The molecule has 5 nitrogen and oxygen atoms in total. The summed E-state index contributed by atoms with van der Waals surface area (Å²) in [5.41, 5.74) is -1.09. The quantitative estimate of drug-likeness (QED) is 0.0682. The lowest BCUT2D eigenvalue weighted by Crippen LogP contribution is -2.66. The van der Waals surface area contributed by atoms with Crippen LogP contribution in [0.4, 0.5) is 0 Å². The Bertz CT molecular complexity index is 656. The predicted molar refractivity (Wildman–Crippen MR) is 169 cm³/mol. The molecule has 2 saturated heterocycles. The van der Waals surface area contributed by atoms with Gasteiger partial charge < -0.3 is 14.2 Å². The third-order valence-electron chi connectivity index (χ3n) is 9.35. The van der Waals surface area contributed by atoms with Gasteiger partial charge in [0, 0.05) is 6.42 Å². The summed E-state index contributed by atoms with van der Waals surface area (Å²) in [7, 11) is 0. The number of carbonyl (C=O) groups excluding carboxylic acids is 2. The molecule has 3 rings (SSSR count). The van der Waals surface area contributed by atoms with Crippen molar-refractivity contribution in [3.63, 3.8) is 0 Å². The molecule has 0 N–H and O–H groups in total. The molecule has 0 aromatic carbocycles. The van der Waals surface area contributed by atoms with Gasteiger partial charge in [0.15, 0.2) is 5.60 Å². The second-order valence-corrected chi connectivity index (χ2v) is 13.0. The number of ether oxygens (including phenoxy) is 3. The largest absolute Gasteiger partial charge is 0.465 e. The summed E-state index contributed by atoms with van der Waals surface area (Å²) in [6.07, 6.45) is 32.9. The summed E-state index contributed by atoms with van der Waals surface area (Å²) in [5.74, 6) is -1.13. The summed E-state index contributed by atoms with van der Waals surface area (Å²) in [6.45, 7) is 5.40. The van der Waals surface area contributed by atoms with Crippen molar-refractivity contribution >= 4 is 11.9 Å². The molecule has 3 unspecified atom stereocenters. The first-order chi connectivity index (χ1) is 20.1. The SMILES string of the molecule is CCCCCCCCCCCCCCOC(=O)C1CCC2CC1(C(=O)OCCCCCCCCCCCCCC)O2. The fourth-order valence-electron chi connectivity index (χ4n) is 6.63. The maximum absolute atomic E-state index is 13.0. The maximum Gasteiger partial charge on any atom is 0.339 e. The standard InChI is InChI=1S/C36H66O5/c1-3-5-7-9-11-13-15-17-19-21-23-25-29-39-34(37)33-28-27-32-31-36(33,41-32)35(38)40-30-26-24-22-20-18-16-14-12-10-8-6-4-2/h32-33H,3-31H2,1-2H3. The Labute approximate surface area is 253 Å². The molecule has 0 radical (unpaired) electrons.